The molecule has 0 atom stereocenters. The molecule has 5 rings (SSSR count). The molecule has 1 aliphatic rings. The van der Waals surface area contributed by atoms with Crippen molar-refractivity contribution in [2.45, 2.75) is 0 Å². The van der Waals surface area contributed by atoms with Crippen LogP contribution in [0.3, 0.4) is 0 Å². The van der Waals surface area contributed by atoms with Crippen molar-refractivity contribution in [1.29, 1.82) is 0 Å². The van der Waals surface area contributed by atoms with Crippen LogP contribution in [0.15, 0.2) is 60.0 Å². The van der Waals surface area contributed by atoms with Crippen molar-refractivity contribution in [2.75, 3.05) is 7.11 Å². The Bertz CT molecular complexity index is 1250. The molecule has 6 nitrogen and oxygen atoms in total. The first kappa shape index (κ1) is 15.8. The molecule has 0 aliphatic carbocycles. The van der Waals surface area contributed by atoms with E-state index in [0.29, 0.717) is 5.71 Å². The van der Waals surface area contributed by atoms with Crippen molar-refractivity contribution in [3.63, 3.8) is 0 Å². The summed E-state index contributed by atoms with van der Waals surface area (Å²) < 4.78 is 7.05. The van der Waals surface area contributed by atoms with Crippen LogP contribution >= 0.6 is 11.6 Å². The third-order valence-electron chi connectivity index (χ3n) is 4.62. The molecule has 0 saturated carbocycles. The predicted molar refractivity (Wildman–Crippen MR) is 103 cm³/mol. The second kappa shape index (κ2) is 5.82. The molecule has 1 aliphatic heterocycles. The Kier molecular flexibility index (Phi) is 3.42. The summed E-state index contributed by atoms with van der Waals surface area (Å²) in [7, 11) is 1.49. The van der Waals surface area contributed by atoms with Gasteiger partial charge in [0.1, 0.15) is 17.5 Å². The van der Waals surface area contributed by atoms with Gasteiger partial charge in [0, 0.05) is 22.9 Å². The van der Waals surface area contributed by atoms with Gasteiger partial charge in [-0.3, -0.25) is 0 Å². The van der Waals surface area contributed by atoms with Crippen LogP contribution in [-0.4, -0.2) is 32.5 Å². The summed E-state index contributed by atoms with van der Waals surface area (Å²) in [6.45, 7) is 0. The standard InChI is InChI=1S/C20H13ClN4O2/c1-27-16-9-11(8-14(21)20(16)26)17-13-6-7-25-19(13)18(22-10-23-25)12-4-2-3-5-15(12)24-17/h2-10,26H,1H3. The number of halogens is 1. The smallest absolute Gasteiger partial charge is 0.176 e. The van der Waals surface area contributed by atoms with Crippen LogP contribution in [-0.2, 0) is 0 Å². The van der Waals surface area contributed by atoms with E-state index in [1.54, 1.807) is 16.6 Å². The molecule has 4 aromatic rings. The molecule has 2 aromatic carbocycles. The monoisotopic (exact) mass is 376 g/mol. The molecule has 0 unspecified atom stereocenters. The molecule has 0 bridgehead atoms. The van der Waals surface area contributed by atoms with Crippen molar-refractivity contribution in [2.24, 2.45) is 4.99 Å². The quantitative estimate of drug-likeness (QED) is 0.500. The highest BCUT2D eigenvalue weighted by molar-refractivity contribution is 6.33. The van der Waals surface area contributed by atoms with Gasteiger partial charge in [-0.25, -0.2) is 14.5 Å². The fourth-order valence-electron chi connectivity index (χ4n) is 3.38. The molecule has 0 fully saturated rings. The van der Waals surface area contributed by atoms with Gasteiger partial charge >= 0.3 is 0 Å². The molecule has 132 valence electrons. The number of hydrogen-bond acceptors (Lipinski definition) is 5. The van der Waals surface area contributed by atoms with Crippen LogP contribution in [0.2, 0.25) is 5.02 Å². The van der Waals surface area contributed by atoms with Crippen LogP contribution in [0.1, 0.15) is 11.1 Å². The highest BCUT2D eigenvalue weighted by atomic mass is 35.5. The maximum Gasteiger partial charge on any atom is 0.176 e. The molecule has 0 spiro atoms. The van der Waals surface area contributed by atoms with Gasteiger partial charge in [0.15, 0.2) is 11.5 Å². The van der Waals surface area contributed by atoms with E-state index >= 15 is 0 Å². The minimum atomic E-state index is -0.0942. The van der Waals surface area contributed by atoms with Gasteiger partial charge in [0.2, 0.25) is 0 Å². The van der Waals surface area contributed by atoms with Crippen LogP contribution in [0.5, 0.6) is 11.5 Å². The van der Waals surface area contributed by atoms with Gasteiger partial charge in [0.25, 0.3) is 0 Å². The first-order valence-corrected chi connectivity index (χ1v) is 8.63. The van der Waals surface area contributed by atoms with Gasteiger partial charge in [-0.1, -0.05) is 29.8 Å². The third kappa shape index (κ3) is 2.30. The predicted octanol–water partition coefficient (Wildman–Crippen LogP) is 4.25. The Morgan fingerprint density at radius 1 is 1.11 bits per heavy atom. The normalized spacial score (nSPS) is 12.4. The number of rotatable bonds is 2. The zero-order valence-electron chi connectivity index (χ0n) is 14.2. The first-order chi connectivity index (χ1) is 13.2. The molecular weight excluding hydrogens is 364 g/mol. The Balaban J connectivity index is 1.88. The van der Waals surface area contributed by atoms with Crippen LogP contribution < -0.4 is 4.74 Å². The number of phenols is 1. The summed E-state index contributed by atoms with van der Waals surface area (Å²) in [5.41, 5.74) is 5.73. The summed E-state index contributed by atoms with van der Waals surface area (Å²) >= 11 is 6.22. The fraction of sp³-hybridized carbons (Fsp3) is 0.0500. The lowest BCUT2D eigenvalue weighted by atomic mass is 10.0. The summed E-state index contributed by atoms with van der Waals surface area (Å²) in [4.78, 5) is 9.42. The number of aromatic nitrogens is 3. The first-order valence-electron chi connectivity index (χ1n) is 8.25. The SMILES string of the molecule is COc1cc(C2=Nc3ccccc3-c3ncnn4ccc2c34)cc(Cl)c1O. The number of para-hydroxylation sites is 1. The molecular formula is C20H13ClN4O2. The summed E-state index contributed by atoms with van der Waals surface area (Å²) in [6, 6.07) is 13.2. The molecule has 3 heterocycles. The Labute approximate surface area is 159 Å². The largest absolute Gasteiger partial charge is 0.503 e. The summed E-state index contributed by atoms with van der Waals surface area (Å²) in [5.74, 6) is 0.195. The van der Waals surface area contributed by atoms with Crippen molar-refractivity contribution in [3.8, 4) is 22.8 Å². The minimum absolute atomic E-state index is 0.0942. The van der Waals surface area contributed by atoms with E-state index in [4.69, 9.17) is 21.3 Å². The van der Waals surface area contributed by atoms with Gasteiger partial charge in [-0.15, -0.1) is 0 Å². The van der Waals surface area contributed by atoms with Gasteiger partial charge in [0.05, 0.1) is 23.5 Å². The van der Waals surface area contributed by atoms with E-state index in [9.17, 15) is 5.11 Å². The minimum Gasteiger partial charge on any atom is -0.503 e. The van der Waals surface area contributed by atoms with Crippen LogP contribution in [0, 0.1) is 0 Å². The number of ether oxygens (including phenoxy) is 1. The van der Waals surface area contributed by atoms with E-state index in [1.165, 1.54) is 13.4 Å². The van der Waals surface area contributed by atoms with E-state index < -0.39 is 0 Å². The molecule has 0 radical (unpaired) electrons. The zero-order chi connectivity index (χ0) is 18.5. The maximum atomic E-state index is 10.1. The second-order valence-corrected chi connectivity index (χ2v) is 6.52. The van der Waals surface area contributed by atoms with Gasteiger partial charge < -0.3 is 9.84 Å². The summed E-state index contributed by atoms with van der Waals surface area (Å²) in [6.07, 6.45) is 3.41. The maximum absolute atomic E-state index is 10.1. The van der Waals surface area contributed by atoms with Crippen LogP contribution in [0.4, 0.5) is 5.69 Å². The molecule has 7 heteroatoms. The molecule has 0 amide bonds. The van der Waals surface area contributed by atoms with Crippen molar-refractivity contribution in [3.05, 3.63) is 71.1 Å². The zero-order valence-corrected chi connectivity index (χ0v) is 15.0. The second-order valence-electron chi connectivity index (χ2n) is 6.12. The summed E-state index contributed by atoms with van der Waals surface area (Å²) in [5, 5.41) is 14.6. The Morgan fingerprint density at radius 2 is 1.96 bits per heavy atom. The third-order valence-corrected chi connectivity index (χ3v) is 4.91. The number of phenolic OH excluding ortho intramolecular Hbond substituents is 1. The van der Waals surface area contributed by atoms with Gasteiger partial charge in [-0.2, -0.15) is 5.10 Å². The lowest BCUT2D eigenvalue weighted by Gasteiger charge is -2.10. The van der Waals surface area contributed by atoms with E-state index in [1.807, 2.05) is 36.5 Å². The van der Waals surface area contributed by atoms with Gasteiger partial charge in [-0.05, 0) is 24.3 Å². The lowest BCUT2D eigenvalue weighted by molar-refractivity contribution is 0.373. The highest BCUT2D eigenvalue weighted by Crippen LogP contribution is 2.40. The number of benzene rings is 2. The molecule has 27 heavy (non-hydrogen) atoms. The van der Waals surface area contributed by atoms with Crippen LogP contribution in [0.25, 0.3) is 16.8 Å². The number of nitrogens with zero attached hydrogens (tertiary/aromatic N) is 4. The molecule has 0 saturated heterocycles. The number of aliphatic imine (C=N–C) groups is 1. The Hall–Kier alpha value is -3.38. The molecule has 2 aromatic heterocycles. The van der Waals surface area contributed by atoms with E-state index in [0.717, 1.165) is 33.6 Å². The number of methoxy groups -OCH3 is 1. The lowest BCUT2D eigenvalue weighted by Crippen LogP contribution is -2.04. The number of fused-ring (bicyclic) bond motifs is 2. The molecule has 1 N–H and O–H groups in total. The average molecular weight is 377 g/mol. The average Bonchev–Trinajstić information content (AvgIpc) is 3.06. The highest BCUT2D eigenvalue weighted by Gasteiger charge is 2.24. The van der Waals surface area contributed by atoms with Crippen molar-refractivity contribution >= 4 is 28.5 Å². The number of aromatic hydroxyl groups is 1. The topological polar surface area (TPSA) is 72.0 Å². The van der Waals surface area contributed by atoms with Crippen molar-refractivity contribution in [1.82, 2.24) is 14.6 Å². The fourth-order valence-corrected chi connectivity index (χ4v) is 3.59. The number of hydrogen-bond donors (Lipinski definition) is 1. The van der Waals surface area contributed by atoms with E-state index in [-0.39, 0.29) is 16.5 Å². The van der Waals surface area contributed by atoms with E-state index in [2.05, 4.69) is 10.1 Å². The van der Waals surface area contributed by atoms with Crippen molar-refractivity contribution < 1.29 is 9.84 Å². The Morgan fingerprint density at radius 3 is 2.81 bits per heavy atom.